The van der Waals surface area contributed by atoms with E-state index >= 15 is 0 Å². The smallest absolute Gasteiger partial charge is 0.0710 e. The van der Waals surface area contributed by atoms with Gasteiger partial charge >= 0.3 is 0 Å². The standard InChI is InChI=1S/C13H27NO/c1-10(2)12(4,15)13(9-14)7-5-6-11(3)8-13/h10-11,15H,5-9,14H2,1-4H3. The van der Waals surface area contributed by atoms with Crippen LogP contribution in [0.1, 0.15) is 53.4 Å². The molecule has 15 heavy (non-hydrogen) atoms. The maximum absolute atomic E-state index is 10.7. The first-order chi connectivity index (χ1) is 6.85. The van der Waals surface area contributed by atoms with Gasteiger partial charge in [-0.2, -0.15) is 0 Å². The van der Waals surface area contributed by atoms with Crippen molar-refractivity contribution in [3.05, 3.63) is 0 Å². The minimum atomic E-state index is -0.629. The van der Waals surface area contributed by atoms with E-state index in [9.17, 15) is 5.11 Å². The highest BCUT2D eigenvalue weighted by molar-refractivity contribution is 5.01. The highest BCUT2D eigenvalue weighted by Crippen LogP contribution is 2.48. The van der Waals surface area contributed by atoms with Crippen LogP contribution >= 0.6 is 0 Å². The van der Waals surface area contributed by atoms with Gasteiger partial charge in [0.25, 0.3) is 0 Å². The van der Waals surface area contributed by atoms with Crippen LogP contribution in [-0.4, -0.2) is 17.3 Å². The lowest BCUT2D eigenvalue weighted by Crippen LogP contribution is -2.55. The summed E-state index contributed by atoms with van der Waals surface area (Å²) < 4.78 is 0. The van der Waals surface area contributed by atoms with Gasteiger partial charge in [0, 0.05) is 12.0 Å². The molecule has 0 aliphatic heterocycles. The largest absolute Gasteiger partial charge is 0.389 e. The molecule has 3 atom stereocenters. The fraction of sp³-hybridized carbons (Fsp3) is 1.00. The molecule has 1 aliphatic rings. The summed E-state index contributed by atoms with van der Waals surface area (Å²) in [5.74, 6) is 0.971. The van der Waals surface area contributed by atoms with E-state index in [-0.39, 0.29) is 11.3 Å². The minimum Gasteiger partial charge on any atom is -0.389 e. The molecule has 3 N–H and O–H groups in total. The zero-order chi connectivity index (χ0) is 11.7. The number of aliphatic hydroxyl groups is 1. The summed E-state index contributed by atoms with van der Waals surface area (Å²) in [4.78, 5) is 0. The van der Waals surface area contributed by atoms with Gasteiger partial charge in [-0.3, -0.25) is 0 Å². The van der Waals surface area contributed by atoms with Crippen molar-refractivity contribution in [3.63, 3.8) is 0 Å². The van der Waals surface area contributed by atoms with Crippen molar-refractivity contribution in [2.75, 3.05) is 6.54 Å². The second-order valence-corrected chi connectivity index (χ2v) is 5.99. The van der Waals surface area contributed by atoms with Gasteiger partial charge in [0.1, 0.15) is 0 Å². The third-order valence-corrected chi connectivity index (χ3v) is 4.68. The molecule has 0 saturated heterocycles. The Balaban J connectivity index is 2.92. The zero-order valence-electron chi connectivity index (χ0n) is 10.7. The maximum atomic E-state index is 10.7. The van der Waals surface area contributed by atoms with Gasteiger partial charge in [0.05, 0.1) is 5.60 Å². The van der Waals surface area contributed by atoms with E-state index in [0.29, 0.717) is 12.5 Å². The Morgan fingerprint density at radius 2 is 2.13 bits per heavy atom. The molecule has 90 valence electrons. The van der Waals surface area contributed by atoms with Gasteiger partial charge in [-0.1, -0.05) is 33.6 Å². The summed E-state index contributed by atoms with van der Waals surface area (Å²) in [6, 6.07) is 0. The predicted molar refractivity (Wildman–Crippen MR) is 64.6 cm³/mol. The molecule has 2 heteroatoms. The van der Waals surface area contributed by atoms with Crippen LogP contribution in [0.3, 0.4) is 0 Å². The second-order valence-electron chi connectivity index (χ2n) is 5.99. The van der Waals surface area contributed by atoms with E-state index in [0.717, 1.165) is 12.8 Å². The van der Waals surface area contributed by atoms with Crippen LogP contribution in [0.5, 0.6) is 0 Å². The molecular weight excluding hydrogens is 186 g/mol. The molecule has 0 aromatic rings. The molecule has 0 aromatic heterocycles. The van der Waals surface area contributed by atoms with Crippen LogP contribution < -0.4 is 5.73 Å². The normalized spacial score (nSPS) is 36.6. The van der Waals surface area contributed by atoms with Crippen LogP contribution in [0.15, 0.2) is 0 Å². The lowest BCUT2D eigenvalue weighted by molar-refractivity contribution is -0.124. The lowest BCUT2D eigenvalue weighted by Gasteiger charge is -2.51. The predicted octanol–water partition coefficient (Wildman–Crippen LogP) is 2.55. The minimum absolute atomic E-state index is 0.0567. The molecule has 0 heterocycles. The first kappa shape index (κ1) is 13.0. The fourth-order valence-corrected chi connectivity index (χ4v) is 3.12. The Hall–Kier alpha value is -0.0800. The summed E-state index contributed by atoms with van der Waals surface area (Å²) in [6.07, 6.45) is 4.66. The third-order valence-electron chi connectivity index (χ3n) is 4.68. The molecular formula is C13H27NO. The number of hydrogen-bond acceptors (Lipinski definition) is 2. The van der Waals surface area contributed by atoms with Crippen molar-refractivity contribution in [3.8, 4) is 0 Å². The highest BCUT2D eigenvalue weighted by Gasteiger charge is 2.49. The zero-order valence-corrected chi connectivity index (χ0v) is 10.7. The Bertz CT molecular complexity index is 213. The van der Waals surface area contributed by atoms with Crippen molar-refractivity contribution in [2.45, 2.75) is 59.0 Å². The van der Waals surface area contributed by atoms with Crippen molar-refractivity contribution in [1.29, 1.82) is 0 Å². The molecule has 0 aromatic carbocycles. The quantitative estimate of drug-likeness (QED) is 0.757. The van der Waals surface area contributed by atoms with Crippen LogP contribution in [0.2, 0.25) is 0 Å². The van der Waals surface area contributed by atoms with Crippen LogP contribution in [0, 0.1) is 17.3 Å². The molecule has 0 amide bonds. The number of hydrogen-bond donors (Lipinski definition) is 2. The average Bonchev–Trinajstić information content (AvgIpc) is 2.17. The highest BCUT2D eigenvalue weighted by atomic mass is 16.3. The molecule has 1 fully saturated rings. The van der Waals surface area contributed by atoms with Crippen LogP contribution in [0.4, 0.5) is 0 Å². The van der Waals surface area contributed by atoms with Crippen molar-refractivity contribution in [1.82, 2.24) is 0 Å². The van der Waals surface area contributed by atoms with Crippen molar-refractivity contribution in [2.24, 2.45) is 23.0 Å². The summed E-state index contributed by atoms with van der Waals surface area (Å²) in [5.41, 5.74) is 5.28. The molecule has 0 radical (unpaired) electrons. The van der Waals surface area contributed by atoms with Gasteiger partial charge in [0.15, 0.2) is 0 Å². The fourth-order valence-electron chi connectivity index (χ4n) is 3.12. The Morgan fingerprint density at radius 1 is 1.53 bits per heavy atom. The first-order valence-electron chi connectivity index (χ1n) is 6.28. The third kappa shape index (κ3) is 2.21. The van der Waals surface area contributed by atoms with E-state index in [1.54, 1.807) is 0 Å². The van der Waals surface area contributed by atoms with E-state index in [2.05, 4.69) is 20.8 Å². The van der Waals surface area contributed by atoms with Gasteiger partial charge in [-0.05, 0) is 31.6 Å². The Labute approximate surface area is 94.2 Å². The summed E-state index contributed by atoms with van der Waals surface area (Å²) in [5, 5.41) is 10.7. The Kier molecular flexibility index (Phi) is 3.83. The summed E-state index contributed by atoms with van der Waals surface area (Å²) >= 11 is 0. The van der Waals surface area contributed by atoms with Crippen molar-refractivity contribution >= 4 is 0 Å². The SMILES string of the molecule is CC1CCCC(CN)(C(C)(O)C(C)C)C1. The van der Waals surface area contributed by atoms with Gasteiger partial charge in [0.2, 0.25) is 0 Å². The molecule has 1 rings (SSSR count). The van der Waals surface area contributed by atoms with Gasteiger partial charge in [-0.15, -0.1) is 0 Å². The molecule has 0 bridgehead atoms. The topological polar surface area (TPSA) is 46.2 Å². The van der Waals surface area contributed by atoms with Crippen LogP contribution in [-0.2, 0) is 0 Å². The molecule has 3 unspecified atom stereocenters. The number of nitrogens with two attached hydrogens (primary N) is 1. The van der Waals surface area contributed by atoms with E-state index in [1.165, 1.54) is 12.8 Å². The number of rotatable bonds is 3. The molecule has 0 spiro atoms. The Morgan fingerprint density at radius 3 is 2.53 bits per heavy atom. The summed E-state index contributed by atoms with van der Waals surface area (Å²) in [6.45, 7) is 9.05. The summed E-state index contributed by atoms with van der Waals surface area (Å²) in [7, 11) is 0. The molecule has 1 saturated carbocycles. The lowest BCUT2D eigenvalue weighted by atomic mass is 9.58. The van der Waals surface area contributed by atoms with Crippen LogP contribution in [0.25, 0.3) is 0 Å². The average molecular weight is 213 g/mol. The van der Waals surface area contributed by atoms with Gasteiger partial charge in [-0.25, -0.2) is 0 Å². The molecule has 2 nitrogen and oxygen atoms in total. The van der Waals surface area contributed by atoms with E-state index in [4.69, 9.17) is 5.73 Å². The van der Waals surface area contributed by atoms with Gasteiger partial charge < -0.3 is 10.8 Å². The first-order valence-corrected chi connectivity index (χ1v) is 6.28. The van der Waals surface area contributed by atoms with E-state index in [1.807, 2.05) is 6.92 Å². The second kappa shape index (κ2) is 4.42. The monoisotopic (exact) mass is 213 g/mol. The maximum Gasteiger partial charge on any atom is 0.0710 e. The molecule has 1 aliphatic carbocycles. The van der Waals surface area contributed by atoms with Crippen molar-refractivity contribution < 1.29 is 5.11 Å². The van der Waals surface area contributed by atoms with E-state index < -0.39 is 5.60 Å².